The predicted molar refractivity (Wildman–Crippen MR) is 90.0 cm³/mol. The van der Waals surface area contributed by atoms with Crippen LogP contribution in [-0.4, -0.2) is 39.4 Å². The first-order chi connectivity index (χ1) is 11.5. The van der Waals surface area contributed by atoms with Crippen molar-refractivity contribution in [3.05, 3.63) is 54.1 Å². The number of carbonyl (C=O) groups is 1. The van der Waals surface area contributed by atoms with Crippen LogP contribution < -0.4 is 5.32 Å². The zero-order valence-corrected chi connectivity index (χ0v) is 13.8. The largest absolute Gasteiger partial charge is 0.293 e. The number of benzene rings is 1. The fourth-order valence-corrected chi connectivity index (χ4v) is 3.30. The molecule has 0 aliphatic carbocycles. The lowest BCUT2D eigenvalue weighted by molar-refractivity contribution is -0.121. The normalized spacial score (nSPS) is 22.3. The van der Waals surface area contributed by atoms with Gasteiger partial charge in [-0.15, -0.1) is 0 Å². The van der Waals surface area contributed by atoms with E-state index in [-0.39, 0.29) is 23.8 Å². The number of anilines is 1. The van der Waals surface area contributed by atoms with Crippen LogP contribution in [0.3, 0.4) is 0 Å². The van der Waals surface area contributed by atoms with E-state index in [4.69, 9.17) is 0 Å². The van der Waals surface area contributed by atoms with E-state index in [1.165, 1.54) is 12.1 Å². The minimum atomic E-state index is -0.283. The molecular weight excluding hydrogens is 307 g/mol. The number of hydrogen-bond acceptors (Lipinski definition) is 4. The number of halogens is 1. The summed E-state index contributed by atoms with van der Waals surface area (Å²) in [7, 11) is 0. The zero-order chi connectivity index (χ0) is 17.1. The Morgan fingerprint density at radius 2 is 1.96 bits per heavy atom. The molecule has 1 N–H and O–H groups in total. The van der Waals surface area contributed by atoms with E-state index in [0.29, 0.717) is 11.9 Å². The summed E-state index contributed by atoms with van der Waals surface area (Å²) >= 11 is 0. The number of amides is 1. The molecule has 6 heteroatoms. The molecule has 0 unspecified atom stereocenters. The van der Waals surface area contributed by atoms with Gasteiger partial charge in [0.1, 0.15) is 5.82 Å². The lowest BCUT2D eigenvalue weighted by Crippen LogP contribution is -2.44. The monoisotopic (exact) mass is 328 g/mol. The summed E-state index contributed by atoms with van der Waals surface area (Å²) in [5, 5.41) is 2.75. The predicted octanol–water partition coefficient (Wildman–Crippen LogP) is 2.82. The summed E-state index contributed by atoms with van der Waals surface area (Å²) in [5.41, 5.74) is 1.12. The van der Waals surface area contributed by atoms with Crippen LogP contribution in [0.1, 0.15) is 31.7 Å². The van der Waals surface area contributed by atoms with Crippen molar-refractivity contribution in [1.82, 2.24) is 14.9 Å². The van der Waals surface area contributed by atoms with Crippen molar-refractivity contribution in [2.45, 2.75) is 38.3 Å². The third kappa shape index (κ3) is 3.59. The molecule has 1 aromatic heterocycles. The molecule has 0 radical (unpaired) electrons. The third-order valence-corrected chi connectivity index (χ3v) is 4.64. The summed E-state index contributed by atoms with van der Waals surface area (Å²) < 4.78 is 13.1. The molecule has 5 nitrogen and oxygen atoms in total. The SMILES string of the molecule is C[C@@H]1C[C@@H](c2ccc(F)cc2)CN1[C@@H](C)C(=O)Nc1ncccn1. The van der Waals surface area contributed by atoms with Gasteiger partial charge in [-0.25, -0.2) is 14.4 Å². The Morgan fingerprint density at radius 1 is 1.29 bits per heavy atom. The minimum absolute atomic E-state index is 0.118. The van der Waals surface area contributed by atoms with Crippen molar-refractivity contribution in [3.8, 4) is 0 Å². The Kier molecular flexibility index (Phi) is 4.85. The Bertz CT molecular complexity index is 692. The van der Waals surface area contributed by atoms with Gasteiger partial charge in [0.15, 0.2) is 0 Å². The maximum atomic E-state index is 13.1. The Labute approximate surface area is 140 Å². The number of likely N-dealkylation sites (tertiary alicyclic amines) is 1. The van der Waals surface area contributed by atoms with E-state index >= 15 is 0 Å². The average Bonchev–Trinajstić information content (AvgIpc) is 2.97. The second kappa shape index (κ2) is 7.05. The molecule has 24 heavy (non-hydrogen) atoms. The molecular formula is C18H21FN4O. The first kappa shape index (κ1) is 16.5. The molecule has 0 bridgehead atoms. The van der Waals surface area contributed by atoms with Gasteiger partial charge in [0, 0.05) is 25.0 Å². The van der Waals surface area contributed by atoms with Crippen LogP contribution in [0.4, 0.5) is 10.3 Å². The highest BCUT2D eigenvalue weighted by Gasteiger charge is 2.35. The van der Waals surface area contributed by atoms with Crippen LogP contribution in [0.2, 0.25) is 0 Å². The zero-order valence-electron chi connectivity index (χ0n) is 13.8. The van der Waals surface area contributed by atoms with Crippen molar-refractivity contribution in [2.75, 3.05) is 11.9 Å². The summed E-state index contributed by atoms with van der Waals surface area (Å²) in [6.07, 6.45) is 4.14. The highest BCUT2D eigenvalue weighted by atomic mass is 19.1. The highest BCUT2D eigenvalue weighted by Crippen LogP contribution is 2.33. The van der Waals surface area contributed by atoms with Crippen LogP contribution in [0, 0.1) is 5.82 Å². The standard InChI is InChI=1S/C18H21FN4O/c1-12-10-15(14-4-6-16(19)7-5-14)11-23(12)13(2)17(24)22-18-20-8-3-9-21-18/h3-9,12-13,15H,10-11H2,1-2H3,(H,20,21,22,24)/t12-,13+,15-/m1/s1. The lowest BCUT2D eigenvalue weighted by Gasteiger charge is -2.27. The van der Waals surface area contributed by atoms with Crippen molar-refractivity contribution < 1.29 is 9.18 Å². The van der Waals surface area contributed by atoms with Gasteiger partial charge in [0.2, 0.25) is 11.9 Å². The molecule has 126 valence electrons. The van der Waals surface area contributed by atoms with Gasteiger partial charge < -0.3 is 0 Å². The second-order valence-electron chi connectivity index (χ2n) is 6.27. The first-order valence-corrected chi connectivity index (χ1v) is 8.13. The molecule has 1 aliphatic rings. The van der Waals surface area contributed by atoms with Crippen LogP contribution in [0.25, 0.3) is 0 Å². The molecule has 1 aromatic carbocycles. The summed E-state index contributed by atoms with van der Waals surface area (Å²) in [4.78, 5) is 22.7. The van der Waals surface area contributed by atoms with E-state index < -0.39 is 0 Å². The first-order valence-electron chi connectivity index (χ1n) is 8.13. The van der Waals surface area contributed by atoms with Gasteiger partial charge in [-0.2, -0.15) is 0 Å². The number of hydrogen-bond donors (Lipinski definition) is 1. The Balaban J connectivity index is 1.65. The van der Waals surface area contributed by atoms with Crippen molar-refractivity contribution in [3.63, 3.8) is 0 Å². The number of nitrogens with one attached hydrogen (secondary N) is 1. The molecule has 0 spiro atoms. The summed E-state index contributed by atoms with van der Waals surface area (Å²) in [6.45, 7) is 4.78. The molecule has 1 fully saturated rings. The van der Waals surface area contributed by atoms with E-state index in [1.807, 2.05) is 19.1 Å². The van der Waals surface area contributed by atoms with Gasteiger partial charge in [-0.05, 0) is 49.9 Å². The van der Waals surface area contributed by atoms with E-state index in [0.717, 1.165) is 18.5 Å². The van der Waals surface area contributed by atoms with Gasteiger partial charge in [-0.3, -0.25) is 15.0 Å². The molecule has 1 amide bonds. The van der Waals surface area contributed by atoms with Crippen molar-refractivity contribution in [1.29, 1.82) is 0 Å². The Morgan fingerprint density at radius 3 is 2.62 bits per heavy atom. The molecule has 2 heterocycles. The molecule has 3 rings (SSSR count). The Hall–Kier alpha value is -2.34. The molecule has 0 saturated carbocycles. The van der Waals surface area contributed by atoms with Gasteiger partial charge in [0.05, 0.1) is 6.04 Å². The second-order valence-corrected chi connectivity index (χ2v) is 6.27. The number of rotatable bonds is 4. The number of carbonyl (C=O) groups excluding carboxylic acids is 1. The lowest BCUT2D eigenvalue weighted by atomic mass is 9.97. The van der Waals surface area contributed by atoms with E-state index in [9.17, 15) is 9.18 Å². The van der Waals surface area contributed by atoms with Crippen LogP contribution in [0.5, 0.6) is 0 Å². The molecule has 1 aliphatic heterocycles. The molecule has 1 saturated heterocycles. The van der Waals surface area contributed by atoms with Gasteiger partial charge >= 0.3 is 0 Å². The maximum Gasteiger partial charge on any atom is 0.243 e. The van der Waals surface area contributed by atoms with Crippen LogP contribution in [0.15, 0.2) is 42.7 Å². The average molecular weight is 328 g/mol. The van der Waals surface area contributed by atoms with Crippen LogP contribution >= 0.6 is 0 Å². The number of nitrogens with zero attached hydrogens (tertiary/aromatic N) is 3. The quantitative estimate of drug-likeness (QED) is 0.938. The molecule has 2 aromatic rings. The summed E-state index contributed by atoms with van der Waals surface area (Å²) in [6, 6.07) is 8.34. The number of aromatic nitrogens is 2. The van der Waals surface area contributed by atoms with E-state index in [2.05, 4.69) is 27.1 Å². The fourth-order valence-electron chi connectivity index (χ4n) is 3.30. The fraction of sp³-hybridized carbons (Fsp3) is 0.389. The third-order valence-electron chi connectivity index (χ3n) is 4.64. The smallest absolute Gasteiger partial charge is 0.243 e. The molecule has 3 atom stereocenters. The van der Waals surface area contributed by atoms with Gasteiger partial charge in [0.25, 0.3) is 0 Å². The highest BCUT2D eigenvalue weighted by molar-refractivity contribution is 5.93. The van der Waals surface area contributed by atoms with Gasteiger partial charge in [-0.1, -0.05) is 12.1 Å². The maximum absolute atomic E-state index is 13.1. The topological polar surface area (TPSA) is 58.1 Å². The summed E-state index contributed by atoms with van der Waals surface area (Å²) in [5.74, 6) is 0.283. The van der Waals surface area contributed by atoms with Crippen molar-refractivity contribution >= 4 is 11.9 Å². The van der Waals surface area contributed by atoms with Crippen LogP contribution in [-0.2, 0) is 4.79 Å². The van der Waals surface area contributed by atoms with E-state index in [1.54, 1.807) is 18.5 Å². The van der Waals surface area contributed by atoms with Crippen molar-refractivity contribution in [2.24, 2.45) is 0 Å². The minimum Gasteiger partial charge on any atom is -0.293 e.